The lowest BCUT2D eigenvalue weighted by atomic mass is 10.4. The molecule has 0 spiro atoms. The zero-order chi connectivity index (χ0) is 9.10. The molecule has 0 atom stereocenters. The van der Waals surface area contributed by atoms with Gasteiger partial charge in [-0.15, -0.1) is 0 Å². The van der Waals surface area contributed by atoms with E-state index in [-0.39, 0.29) is 0 Å². The number of amidine groups is 1. The van der Waals surface area contributed by atoms with Crippen LogP contribution in [0.3, 0.4) is 0 Å². The minimum atomic E-state index is 0.792. The molecule has 0 unspecified atom stereocenters. The van der Waals surface area contributed by atoms with Gasteiger partial charge in [-0.1, -0.05) is 0 Å². The molecule has 1 aromatic rings. The molecular formula is C9H14N4. The molecule has 70 valence electrons. The Hall–Kier alpha value is -1.32. The molecule has 0 aliphatic carbocycles. The number of imidazole rings is 1. The molecule has 1 aliphatic rings. The van der Waals surface area contributed by atoms with Crippen LogP contribution in [0, 0.1) is 5.41 Å². The van der Waals surface area contributed by atoms with Gasteiger partial charge in [-0.3, -0.25) is 5.41 Å². The molecule has 4 nitrogen and oxygen atoms in total. The Morgan fingerprint density at radius 1 is 1.46 bits per heavy atom. The third-order valence-corrected chi connectivity index (χ3v) is 2.41. The first-order valence-electron chi connectivity index (χ1n) is 4.64. The van der Waals surface area contributed by atoms with E-state index < -0.39 is 0 Å². The van der Waals surface area contributed by atoms with Crippen molar-refractivity contribution in [3.63, 3.8) is 0 Å². The minimum Gasteiger partial charge on any atom is -0.359 e. The van der Waals surface area contributed by atoms with E-state index in [2.05, 4.69) is 9.88 Å². The summed E-state index contributed by atoms with van der Waals surface area (Å²) in [4.78, 5) is 6.12. The predicted molar refractivity (Wildman–Crippen MR) is 50.8 cm³/mol. The van der Waals surface area contributed by atoms with Crippen LogP contribution in [0.25, 0.3) is 0 Å². The van der Waals surface area contributed by atoms with Gasteiger partial charge in [-0.2, -0.15) is 0 Å². The molecule has 1 aromatic heterocycles. The van der Waals surface area contributed by atoms with Crippen molar-refractivity contribution in [3.05, 3.63) is 18.7 Å². The molecular weight excluding hydrogens is 164 g/mol. The van der Waals surface area contributed by atoms with Gasteiger partial charge in [0.15, 0.2) is 0 Å². The van der Waals surface area contributed by atoms with Crippen molar-refractivity contribution in [2.75, 3.05) is 13.1 Å². The van der Waals surface area contributed by atoms with Gasteiger partial charge in [0.05, 0.1) is 12.2 Å². The van der Waals surface area contributed by atoms with Gasteiger partial charge >= 0.3 is 0 Å². The topological polar surface area (TPSA) is 44.9 Å². The highest BCUT2D eigenvalue weighted by Gasteiger charge is 2.15. The van der Waals surface area contributed by atoms with Gasteiger partial charge in [0, 0.05) is 38.4 Å². The zero-order valence-corrected chi connectivity index (χ0v) is 7.61. The van der Waals surface area contributed by atoms with Gasteiger partial charge in [-0.25, -0.2) is 4.98 Å². The summed E-state index contributed by atoms with van der Waals surface area (Å²) < 4.78 is 2.05. The van der Waals surface area contributed by atoms with Crippen LogP contribution in [0.1, 0.15) is 12.8 Å². The monoisotopic (exact) mass is 178 g/mol. The fourth-order valence-electron chi connectivity index (χ4n) is 1.63. The van der Waals surface area contributed by atoms with Crippen molar-refractivity contribution >= 4 is 5.84 Å². The largest absolute Gasteiger partial charge is 0.359 e. The SMILES string of the molecule is N=C1CCCN1CCn1ccnc1. The number of aromatic nitrogens is 2. The minimum absolute atomic E-state index is 0.792. The second-order valence-corrected chi connectivity index (χ2v) is 3.34. The molecule has 0 saturated carbocycles. The van der Waals surface area contributed by atoms with Crippen molar-refractivity contribution in [1.82, 2.24) is 14.5 Å². The maximum absolute atomic E-state index is 7.64. The van der Waals surface area contributed by atoms with Gasteiger partial charge in [0.1, 0.15) is 0 Å². The van der Waals surface area contributed by atoms with Crippen molar-refractivity contribution in [2.24, 2.45) is 0 Å². The van der Waals surface area contributed by atoms with Crippen LogP contribution < -0.4 is 0 Å². The summed E-state index contributed by atoms with van der Waals surface area (Å²) >= 11 is 0. The standard InChI is InChI=1S/C9H14N4/c10-9-2-1-4-13(9)7-6-12-5-3-11-8-12/h3,5,8,10H,1-2,4,6-7H2. The summed E-state index contributed by atoms with van der Waals surface area (Å²) in [6, 6.07) is 0. The molecule has 4 heteroatoms. The van der Waals surface area contributed by atoms with Crippen molar-refractivity contribution in [1.29, 1.82) is 5.41 Å². The summed E-state index contributed by atoms with van der Waals surface area (Å²) in [5, 5.41) is 7.64. The molecule has 0 aromatic carbocycles. The lowest BCUT2D eigenvalue weighted by Crippen LogP contribution is -2.27. The third kappa shape index (κ3) is 1.88. The van der Waals surface area contributed by atoms with E-state index in [9.17, 15) is 0 Å². The number of nitrogens with one attached hydrogen (secondary N) is 1. The van der Waals surface area contributed by atoms with E-state index in [1.807, 2.05) is 17.1 Å². The highest BCUT2D eigenvalue weighted by Crippen LogP contribution is 2.09. The zero-order valence-electron chi connectivity index (χ0n) is 7.61. The average Bonchev–Trinajstić information content (AvgIpc) is 2.72. The first-order valence-corrected chi connectivity index (χ1v) is 4.64. The molecule has 2 rings (SSSR count). The summed E-state index contributed by atoms with van der Waals surface area (Å²) in [6.45, 7) is 2.92. The number of rotatable bonds is 3. The maximum atomic E-state index is 7.64. The van der Waals surface area contributed by atoms with Crippen LogP contribution in [0.4, 0.5) is 0 Å². The van der Waals surface area contributed by atoms with Crippen LogP contribution >= 0.6 is 0 Å². The molecule has 0 bridgehead atoms. The van der Waals surface area contributed by atoms with E-state index >= 15 is 0 Å². The highest BCUT2D eigenvalue weighted by molar-refractivity contribution is 5.80. The van der Waals surface area contributed by atoms with Gasteiger partial charge in [-0.05, 0) is 6.42 Å². The van der Waals surface area contributed by atoms with E-state index in [0.29, 0.717) is 0 Å². The average molecular weight is 178 g/mol. The van der Waals surface area contributed by atoms with Gasteiger partial charge in [0.2, 0.25) is 0 Å². The molecule has 13 heavy (non-hydrogen) atoms. The van der Waals surface area contributed by atoms with E-state index in [0.717, 1.165) is 38.3 Å². The Bertz CT molecular complexity index is 278. The number of hydrogen-bond acceptors (Lipinski definition) is 2. The Labute approximate surface area is 77.7 Å². The molecule has 2 heterocycles. The summed E-state index contributed by atoms with van der Waals surface area (Å²) in [7, 11) is 0. The summed E-state index contributed by atoms with van der Waals surface area (Å²) in [6.07, 6.45) is 7.65. The van der Waals surface area contributed by atoms with E-state index in [1.54, 1.807) is 6.20 Å². The van der Waals surface area contributed by atoms with Crippen LogP contribution in [0.15, 0.2) is 18.7 Å². The molecule has 1 fully saturated rings. The van der Waals surface area contributed by atoms with Crippen LogP contribution in [0.2, 0.25) is 0 Å². The normalized spacial score (nSPS) is 16.9. The number of hydrogen-bond donors (Lipinski definition) is 1. The first kappa shape index (κ1) is 8.29. The van der Waals surface area contributed by atoms with Crippen molar-refractivity contribution in [3.8, 4) is 0 Å². The second kappa shape index (κ2) is 3.60. The van der Waals surface area contributed by atoms with E-state index in [1.165, 1.54) is 0 Å². The Kier molecular flexibility index (Phi) is 2.29. The second-order valence-electron chi connectivity index (χ2n) is 3.34. The fraction of sp³-hybridized carbons (Fsp3) is 0.556. The molecule has 0 radical (unpaired) electrons. The molecule has 1 N–H and O–H groups in total. The quantitative estimate of drug-likeness (QED) is 0.749. The lowest BCUT2D eigenvalue weighted by molar-refractivity contribution is 0.421. The van der Waals surface area contributed by atoms with Gasteiger partial charge in [0.25, 0.3) is 0 Å². The summed E-state index contributed by atoms with van der Waals surface area (Å²) in [5.41, 5.74) is 0. The van der Waals surface area contributed by atoms with Crippen molar-refractivity contribution in [2.45, 2.75) is 19.4 Å². The smallest absolute Gasteiger partial charge is 0.0958 e. The maximum Gasteiger partial charge on any atom is 0.0958 e. The Balaban J connectivity index is 1.82. The first-order chi connectivity index (χ1) is 6.36. The Morgan fingerprint density at radius 2 is 2.38 bits per heavy atom. The Morgan fingerprint density at radius 3 is 3.00 bits per heavy atom. The number of nitrogens with zero attached hydrogens (tertiary/aromatic N) is 3. The third-order valence-electron chi connectivity index (χ3n) is 2.41. The number of likely N-dealkylation sites (tertiary alicyclic amines) is 1. The molecule has 0 amide bonds. The van der Waals surface area contributed by atoms with Crippen LogP contribution in [-0.2, 0) is 6.54 Å². The van der Waals surface area contributed by atoms with Crippen LogP contribution in [-0.4, -0.2) is 33.4 Å². The highest BCUT2D eigenvalue weighted by atomic mass is 15.2. The summed E-state index contributed by atoms with van der Waals surface area (Å²) in [5.74, 6) is 0.792. The van der Waals surface area contributed by atoms with E-state index in [4.69, 9.17) is 5.41 Å². The molecule has 1 aliphatic heterocycles. The molecule has 1 saturated heterocycles. The lowest BCUT2D eigenvalue weighted by Gasteiger charge is -2.17. The van der Waals surface area contributed by atoms with Gasteiger partial charge < -0.3 is 9.47 Å². The van der Waals surface area contributed by atoms with Crippen molar-refractivity contribution < 1.29 is 0 Å². The predicted octanol–water partition coefficient (Wildman–Crippen LogP) is 0.956. The fourth-order valence-corrected chi connectivity index (χ4v) is 1.63. The van der Waals surface area contributed by atoms with Crippen LogP contribution in [0.5, 0.6) is 0 Å².